The average molecular weight is 144 g/mol. The van der Waals surface area contributed by atoms with Gasteiger partial charge in [0.15, 0.2) is 0 Å². The zero-order chi connectivity index (χ0) is 7.82. The van der Waals surface area contributed by atoms with Gasteiger partial charge in [0.1, 0.15) is 0 Å². The molecule has 0 aliphatic carbocycles. The largest absolute Gasteiger partial charge is 0.394 e. The van der Waals surface area contributed by atoms with Gasteiger partial charge in [0.2, 0.25) is 0 Å². The lowest BCUT2D eigenvalue weighted by atomic mass is 10.1. The van der Waals surface area contributed by atoms with Gasteiger partial charge in [0.05, 0.1) is 12.7 Å². The highest BCUT2D eigenvalue weighted by Gasteiger charge is 1.99. The third kappa shape index (κ3) is 5.79. The number of aliphatic hydroxyl groups excluding tert-OH is 2. The summed E-state index contributed by atoms with van der Waals surface area (Å²) in [6.45, 7) is 3.47. The van der Waals surface area contributed by atoms with E-state index < -0.39 is 6.10 Å². The van der Waals surface area contributed by atoms with Gasteiger partial charge in [-0.05, 0) is 19.3 Å². The van der Waals surface area contributed by atoms with Gasteiger partial charge in [-0.1, -0.05) is 12.5 Å². The molecule has 2 heteroatoms. The van der Waals surface area contributed by atoms with Crippen molar-refractivity contribution >= 4 is 0 Å². The van der Waals surface area contributed by atoms with Gasteiger partial charge in [-0.2, -0.15) is 0 Å². The SMILES string of the molecule is C=CCCCC[C@@H](O)CO. The molecule has 2 N–H and O–H groups in total. The van der Waals surface area contributed by atoms with E-state index in [1.54, 1.807) is 0 Å². The van der Waals surface area contributed by atoms with Crippen molar-refractivity contribution in [1.82, 2.24) is 0 Å². The van der Waals surface area contributed by atoms with Crippen LogP contribution in [0.1, 0.15) is 25.7 Å². The molecule has 0 aromatic carbocycles. The van der Waals surface area contributed by atoms with Crippen molar-refractivity contribution in [3.8, 4) is 0 Å². The predicted octanol–water partition coefficient (Wildman–Crippen LogP) is 1.09. The summed E-state index contributed by atoms with van der Waals surface area (Å²) < 4.78 is 0. The van der Waals surface area contributed by atoms with Gasteiger partial charge in [-0.3, -0.25) is 0 Å². The van der Waals surface area contributed by atoms with Crippen LogP contribution in [0.25, 0.3) is 0 Å². The lowest BCUT2D eigenvalue weighted by molar-refractivity contribution is 0.0862. The molecule has 0 aliphatic rings. The first-order valence-corrected chi connectivity index (χ1v) is 3.71. The molecule has 1 atom stereocenters. The standard InChI is InChI=1S/C8H16O2/c1-2-3-4-5-6-8(10)7-9/h2,8-10H,1,3-7H2/t8-/m1/s1. The van der Waals surface area contributed by atoms with E-state index in [1.165, 1.54) is 0 Å². The third-order valence-corrected chi connectivity index (χ3v) is 1.41. The van der Waals surface area contributed by atoms with Gasteiger partial charge < -0.3 is 10.2 Å². The molecule has 0 radical (unpaired) electrons. The van der Waals surface area contributed by atoms with E-state index in [2.05, 4.69) is 6.58 Å². The molecule has 0 rings (SSSR count). The second-order valence-electron chi connectivity index (χ2n) is 2.41. The number of hydrogen-bond donors (Lipinski definition) is 2. The molecule has 0 aromatic rings. The van der Waals surface area contributed by atoms with Crippen molar-refractivity contribution in [2.75, 3.05) is 6.61 Å². The molecule has 0 unspecified atom stereocenters. The first-order valence-electron chi connectivity index (χ1n) is 3.71. The Kier molecular flexibility index (Phi) is 6.55. The van der Waals surface area contributed by atoms with Crippen LogP contribution in [0.3, 0.4) is 0 Å². The van der Waals surface area contributed by atoms with Crippen molar-refractivity contribution in [3.63, 3.8) is 0 Å². The molecule has 10 heavy (non-hydrogen) atoms. The summed E-state index contributed by atoms with van der Waals surface area (Å²) in [5.74, 6) is 0. The summed E-state index contributed by atoms with van der Waals surface area (Å²) in [6, 6.07) is 0. The van der Waals surface area contributed by atoms with Gasteiger partial charge in [0.25, 0.3) is 0 Å². The van der Waals surface area contributed by atoms with Crippen molar-refractivity contribution in [3.05, 3.63) is 12.7 Å². The van der Waals surface area contributed by atoms with Crippen LogP contribution < -0.4 is 0 Å². The number of unbranched alkanes of at least 4 members (excludes halogenated alkanes) is 2. The van der Waals surface area contributed by atoms with E-state index in [1.807, 2.05) is 6.08 Å². The molecule has 0 saturated carbocycles. The van der Waals surface area contributed by atoms with E-state index in [0.29, 0.717) is 6.42 Å². The molecule has 0 aromatic heterocycles. The van der Waals surface area contributed by atoms with Crippen LogP contribution in [0.4, 0.5) is 0 Å². The summed E-state index contributed by atoms with van der Waals surface area (Å²) in [6.07, 6.45) is 5.06. The number of hydrogen-bond acceptors (Lipinski definition) is 2. The molecule has 0 bridgehead atoms. The smallest absolute Gasteiger partial charge is 0.0770 e. The van der Waals surface area contributed by atoms with E-state index in [-0.39, 0.29) is 6.61 Å². The molecule has 0 aliphatic heterocycles. The maximum atomic E-state index is 8.88. The second kappa shape index (κ2) is 6.78. The molecule has 0 spiro atoms. The summed E-state index contributed by atoms with van der Waals surface area (Å²) in [5, 5.41) is 17.3. The van der Waals surface area contributed by atoms with Crippen LogP contribution in [0.15, 0.2) is 12.7 Å². The summed E-state index contributed by atoms with van der Waals surface area (Å²) >= 11 is 0. The third-order valence-electron chi connectivity index (χ3n) is 1.41. The lowest BCUT2D eigenvalue weighted by Gasteiger charge is -2.04. The zero-order valence-electron chi connectivity index (χ0n) is 6.29. The summed E-state index contributed by atoms with van der Waals surface area (Å²) in [7, 11) is 0. The molecule has 0 fully saturated rings. The lowest BCUT2D eigenvalue weighted by Crippen LogP contribution is -2.10. The number of allylic oxidation sites excluding steroid dienone is 1. The van der Waals surface area contributed by atoms with Gasteiger partial charge >= 0.3 is 0 Å². The van der Waals surface area contributed by atoms with Crippen LogP contribution in [0, 0.1) is 0 Å². The molecule has 60 valence electrons. The molecule has 0 amide bonds. The first-order chi connectivity index (χ1) is 4.81. The van der Waals surface area contributed by atoms with Gasteiger partial charge in [-0.15, -0.1) is 6.58 Å². The average Bonchev–Trinajstić information content (AvgIpc) is 1.98. The van der Waals surface area contributed by atoms with E-state index in [9.17, 15) is 0 Å². The molecule has 2 nitrogen and oxygen atoms in total. The highest BCUT2D eigenvalue weighted by Crippen LogP contribution is 2.02. The Labute approximate surface area is 62.2 Å². The van der Waals surface area contributed by atoms with E-state index >= 15 is 0 Å². The Hall–Kier alpha value is -0.340. The Balaban J connectivity index is 2.95. The summed E-state index contributed by atoms with van der Waals surface area (Å²) in [5.41, 5.74) is 0. The Morgan fingerprint density at radius 1 is 1.40 bits per heavy atom. The second-order valence-corrected chi connectivity index (χ2v) is 2.41. The minimum Gasteiger partial charge on any atom is -0.394 e. The van der Waals surface area contributed by atoms with Crippen LogP contribution in [-0.4, -0.2) is 22.9 Å². The van der Waals surface area contributed by atoms with Crippen molar-refractivity contribution in [1.29, 1.82) is 0 Å². The minimum absolute atomic E-state index is 0.117. The molecular formula is C8H16O2. The van der Waals surface area contributed by atoms with Crippen LogP contribution in [0.5, 0.6) is 0 Å². The normalized spacial score (nSPS) is 13.0. The topological polar surface area (TPSA) is 40.5 Å². The highest BCUT2D eigenvalue weighted by molar-refractivity contribution is 4.66. The fourth-order valence-electron chi connectivity index (χ4n) is 0.760. The number of rotatable bonds is 6. The van der Waals surface area contributed by atoms with E-state index in [0.717, 1.165) is 19.3 Å². The maximum absolute atomic E-state index is 8.88. The van der Waals surface area contributed by atoms with Gasteiger partial charge in [0, 0.05) is 0 Å². The first kappa shape index (κ1) is 9.66. The molecule has 0 saturated heterocycles. The zero-order valence-corrected chi connectivity index (χ0v) is 6.29. The van der Waals surface area contributed by atoms with Crippen molar-refractivity contribution in [2.24, 2.45) is 0 Å². The molecular weight excluding hydrogens is 128 g/mol. The number of aliphatic hydroxyl groups is 2. The minimum atomic E-state index is -0.523. The predicted molar refractivity (Wildman–Crippen MR) is 41.8 cm³/mol. The fraction of sp³-hybridized carbons (Fsp3) is 0.750. The summed E-state index contributed by atoms with van der Waals surface area (Å²) in [4.78, 5) is 0. The van der Waals surface area contributed by atoms with Crippen molar-refractivity contribution < 1.29 is 10.2 Å². The van der Waals surface area contributed by atoms with Gasteiger partial charge in [-0.25, -0.2) is 0 Å². The Morgan fingerprint density at radius 3 is 2.60 bits per heavy atom. The Bertz CT molecular complexity index is 81.3. The van der Waals surface area contributed by atoms with Crippen LogP contribution >= 0.6 is 0 Å². The van der Waals surface area contributed by atoms with Crippen LogP contribution in [0.2, 0.25) is 0 Å². The Morgan fingerprint density at radius 2 is 2.10 bits per heavy atom. The van der Waals surface area contributed by atoms with Crippen molar-refractivity contribution in [2.45, 2.75) is 31.8 Å². The highest BCUT2D eigenvalue weighted by atomic mass is 16.3. The molecule has 0 heterocycles. The maximum Gasteiger partial charge on any atom is 0.0770 e. The quantitative estimate of drug-likeness (QED) is 0.432. The van der Waals surface area contributed by atoms with Crippen LogP contribution in [-0.2, 0) is 0 Å². The fourth-order valence-corrected chi connectivity index (χ4v) is 0.760. The monoisotopic (exact) mass is 144 g/mol. The van der Waals surface area contributed by atoms with E-state index in [4.69, 9.17) is 10.2 Å².